The van der Waals surface area contributed by atoms with Gasteiger partial charge in [0, 0.05) is 19.2 Å². The number of benzene rings is 3. The predicted octanol–water partition coefficient (Wildman–Crippen LogP) is 4.28. The van der Waals surface area contributed by atoms with Gasteiger partial charge in [-0.2, -0.15) is 0 Å². The molecule has 3 aromatic carbocycles. The molecule has 0 aromatic heterocycles. The molecule has 0 aliphatic carbocycles. The summed E-state index contributed by atoms with van der Waals surface area (Å²) in [5.41, 5.74) is 1.15. The monoisotopic (exact) mass is 581 g/mol. The molecule has 0 saturated heterocycles. The van der Waals surface area contributed by atoms with E-state index in [0.717, 1.165) is 16.3 Å². The standard InChI is InChI=1S/C31H39N3O6S/c1-5-20-32-31(36)27(6-2)33(21-19-24-13-9-7-10-14-24)30(35)23-34(41(37,38)26-15-11-8-12-16-26)28-22-25(39-3)17-18-29(28)40-4/h7-18,22,27H,5-6,19-21,23H2,1-4H3,(H,32,36). The van der Waals surface area contributed by atoms with Crippen molar-refractivity contribution in [3.05, 3.63) is 84.4 Å². The van der Waals surface area contributed by atoms with E-state index in [0.29, 0.717) is 25.1 Å². The first-order valence-corrected chi connectivity index (χ1v) is 15.1. The number of amides is 2. The highest BCUT2D eigenvalue weighted by molar-refractivity contribution is 7.92. The summed E-state index contributed by atoms with van der Waals surface area (Å²) >= 11 is 0. The van der Waals surface area contributed by atoms with Crippen LogP contribution >= 0.6 is 0 Å². The van der Waals surface area contributed by atoms with E-state index in [1.807, 2.05) is 44.2 Å². The van der Waals surface area contributed by atoms with E-state index < -0.39 is 28.5 Å². The van der Waals surface area contributed by atoms with Crippen LogP contribution in [0.2, 0.25) is 0 Å². The van der Waals surface area contributed by atoms with Gasteiger partial charge in [0.2, 0.25) is 11.8 Å². The Morgan fingerprint density at radius 2 is 1.56 bits per heavy atom. The Morgan fingerprint density at radius 3 is 2.15 bits per heavy atom. The highest BCUT2D eigenvalue weighted by Gasteiger charge is 2.34. The Hall–Kier alpha value is -4.05. The summed E-state index contributed by atoms with van der Waals surface area (Å²) in [4.78, 5) is 28.8. The van der Waals surface area contributed by atoms with Gasteiger partial charge in [0.1, 0.15) is 24.1 Å². The molecule has 0 bridgehead atoms. The van der Waals surface area contributed by atoms with Crippen molar-refractivity contribution in [2.45, 2.75) is 44.0 Å². The van der Waals surface area contributed by atoms with E-state index in [2.05, 4.69) is 5.32 Å². The Kier molecular flexibility index (Phi) is 11.6. The summed E-state index contributed by atoms with van der Waals surface area (Å²) in [6.07, 6.45) is 1.61. The fraction of sp³-hybridized carbons (Fsp3) is 0.355. The molecule has 10 heteroatoms. The fourth-order valence-electron chi connectivity index (χ4n) is 4.49. The van der Waals surface area contributed by atoms with Gasteiger partial charge in [0.25, 0.3) is 10.0 Å². The van der Waals surface area contributed by atoms with E-state index in [1.165, 1.54) is 37.3 Å². The minimum Gasteiger partial charge on any atom is -0.497 e. The number of methoxy groups -OCH3 is 2. The zero-order valence-corrected chi connectivity index (χ0v) is 24.9. The third-order valence-corrected chi connectivity index (χ3v) is 8.46. The van der Waals surface area contributed by atoms with Crippen molar-refractivity contribution >= 4 is 27.5 Å². The van der Waals surface area contributed by atoms with Crippen LogP contribution in [0.15, 0.2) is 83.8 Å². The van der Waals surface area contributed by atoms with Crippen LogP contribution in [0.5, 0.6) is 11.5 Å². The van der Waals surface area contributed by atoms with Crippen LogP contribution in [0.3, 0.4) is 0 Å². The first-order valence-electron chi connectivity index (χ1n) is 13.7. The number of carbonyl (C=O) groups excluding carboxylic acids is 2. The summed E-state index contributed by atoms with van der Waals surface area (Å²) in [6, 6.07) is 21.5. The minimum atomic E-state index is -4.22. The van der Waals surface area contributed by atoms with Gasteiger partial charge < -0.3 is 19.7 Å². The van der Waals surface area contributed by atoms with E-state index >= 15 is 0 Å². The number of hydrogen-bond donors (Lipinski definition) is 1. The maximum atomic E-state index is 14.1. The lowest BCUT2D eigenvalue weighted by Gasteiger charge is -2.33. The van der Waals surface area contributed by atoms with Crippen LogP contribution in [-0.2, 0) is 26.0 Å². The number of anilines is 1. The average molecular weight is 582 g/mol. The van der Waals surface area contributed by atoms with E-state index in [-0.39, 0.29) is 28.8 Å². The summed E-state index contributed by atoms with van der Waals surface area (Å²) in [7, 11) is -1.33. The molecule has 0 spiro atoms. The first kappa shape index (κ1) is 31.5. The molecule has 0 saturated carbocycles. The van der Waals surface area contributed by atoms with Gasteiger partial charge in [0.05, 0.1) is 24.8 Å². The molecule has 220 valence electrons. The molecule has 2 amide bonds. The zero-order chi connectivity index (χ0) is 29.8. The topological polar surface area (TPSA) is 105 Å². The second-order valence-electron chi connectivity index (χ2n) is 9.40. The summed E-state index contributed by atoms with van der Waals surface area (Å²) in [5, 5.41) is 2.89. The Bertz CT molecular complexity index is 1380. The highest BCUT2D eigenvalue weighted by atomic mass is 32.2. The number of sulfonamides is 1. The number of rotatable bonds is 15. The first-order chi connectivity index (χ1) is 19.8. The molecule has 9 nitrogen and oxygen atoms in total. The zero-order valence-electron chi connectivity index (χ0n) is 24.1. The van der Waals surface area contributed by atoms with E-state index in [9.17, 15) is 18.0 Å². The smallest absolute Gasteiger partial charge is 0.264 e. The molecule has 3 aromatic rings. The van der Waals surface area contributed by atoms with Crippen molar-refractivity contribution < 1.29 is 27.5 Å². The van der Waals surface area contributed by atoms with Gasteiger partial charge in [-0.3, -0.25) is 13.9 Å². The van der Waals surface area contributed by atoms with Gasteiger partial charge in [-0.25, -0.2) is 8.42 Å². The van der Waals surface area contributed by atoms with Crippen molar-refractivity contribution in [1.82, 2.24) is 10.2 Å². The van der Waals surface area contributed by atoms with Crippen LogP contribution in [0.4, 0.5) is 5.69 Å². The second kappa shape index (κ2) is 15.1. The third kappa shape index (κ3) is 8.00. The van der Waals surface area contributed by atoms with Crippen molar-refractivity contribution in [1.29, 1.82) is 0 Å². The summed E-state index contributed by atoms with van der Waals surface area (Å²) in [5.74, 6) is -0.134. The van der Waals surface area contributed by atoms with Gasteiger partial charge in [-0.1, -0.05) is 62.4 Å². The van der Waals surface area contributed by atoms with Gasteiger partial charge in [0.15, 0.2) is 0 Å². The Labute approximate surface area is 243 Å². The molecule has 3 rings (SSSR count). The molecule has 0 aliphatic heterocycles. The number of ether oxygens (including phenoxy) is 2. The molecule has 1 atom stereocenters. The molecule has 0 fully saturated rings. The molecule has 41 heavy (non-hydrogen) atoms. The molecular formula is C31H39N3O6S. The van der Waals surface area contributed by atoms with Crippen LogP contribution in [0.25, 0.3) is 0 Å². The molecule has 0 aliphatic rings. The van der Waals surface area contributed by atoms with Crippen molar-refractivity contribution in [2.24, 2.45) is 0 Å². The van der Waals surface area contributed by atoms with E-state index in [4.69, 9.17) is 9.47 Å². The molecule has 1 unspecified atom stereocenters. The second-order valence-corrected chi connectivity index (χ2v) is 11.3. The van der Waals surface area contributed by atoms with Gasteiger partial charge in [-0.05, 0) is 49.1 Å². The predicted molar refractivity (Wildman–Crippen MR) is 160 cm³/mol. The normalized spacial score (nSPS) is 11.8. The largest absolute Gasteiger partial charge is 0.497 e. The minimum absolute atomic E-state index is 0.0150. The SMILES string of the molecule is CCCNC(=O)C(CC)N(CCc1ccccc1)C(=O)CN(c1cc(OC)ccc1OC)S(=O)(=O)c1ccccc1. The van der Waals surface area contributed by atoms with Crippen molar-refractivity contribution in [2.75, 3.05) is 38.2 Å². The van der Waals surface area contributed by atoms with Crippen LogP contribution < -0.4 is 19.1 Å². The van der Waals surface area contributed by atoms with Crippen molar-refractivity contribution in [3.63, 3.8) is 0 Å². The van der Waals surface area contributed by atoms with Gasteiger partial charge >= 0.3 is 0 Å². The maximum Gasteiger partial charge on any atom is 0.264 e. The number of hydrogen-bond acceptors (Lipinski definition) is 6. The van der Waals surface area contributed by atoms with Crippen LogP contribution in [0.1, 0.15) is 32.3 Å². The Morgan fingerprint density at radius 1 is 0.902 bits per heavy atom. The molecule has 1 N–H and O–H groups in total. The highest BCUT2D eigenvalue weighted by Crippen LogP contribution is 2.35. The van der Waals surface area contributed by atoms with Gasteiger partial charge in [-0.15, -0.1) is 0 Å². The number of nitrogens with one attached hydrogen (secondary N) is 1. The van der Waals surface area contributed by atoms with E-state index in [1.54, 1.807) is 30.3 Å². The van der Waals surface area contributed by atoms with Crippen LogP contribution in [-0.4, -0.2) is 65.0 Å². The quantitative estimate of drug-likeness (QED) is 0.287. The third-order valence-electron chi connectivity index (χ3n) is 6.68. The Balaban J connectivity index is 2.07. The maximum absolute atomic E-state index is 14.1. The number of nitrogens with zero attached hydrogens (tertiary/aromatic N) is 2. The molecular weight excluding hydrogens is 542 g/mol. The molecule has 0 radical (unpaired) electrons. The lowest BCUT2D eigenvalue weighted by atomic mass is 10.1. The fourth-order valence-corrected chi connectivity index (χ4v) is 5.92. The molecule has 0 heterocycles. The van der Waals surface area contributed by atoms with Crippen LogP contribution in [0, 0.1) is 0 Å². The number of carbonyl (C=O) groups is 2. The summed E-state index contributed by atoms with van der Waals surface area (Å²) in [6.45, 7) is 3.95. The summed E-state index contributed by atoms with van der Waals surface area (Å²) < 4.78 is 40.0. The lowest BCUT2D eigenvalue weighted by molar-refractivity contribution is -0.139. The van der Waals surface area contributed by atoms with Crippen molar-refractivity contribution in [3.8, 4) is 11.5 Å². The lowest BCUT2D eigenvalue weighted by Crippen LogP contribution is -2.53. The average Bonchev–Trinajstić information content (AvgIpc) is 3.01.